The molecule has 2 aliphatic heterocycles. The lowest BCUT2D eigenvalue weighted by molar-refractivity contribution is -0.855. The second kappa shape index (κ2) is 63.2. The summed E-state index contributed by atoms with van der Waals surface area (Å²) in [7, 11) is 37.5. The molecule has 2 saturated heterocycles. The summed E-state index contributed by atoms with van der Waals surface area (Å²) in [6.45, 7) is 28.0. The van der Waals surface area contributed by atoms with E-state index in [0.29, 0.717) is 26.2 Å². The third kappa shape index (κ3) is 55.5. The molecular weight excluding hydrogens is 1020 g/mol. The van der Waals surface area contributed by atoms with Crippen molar-refractivity contribution in [1.82, 2.24) is 21.3 Å². The van der Waals surface area contributed by atoms with E-state index in [4.69, 9.17) is 33.4 Å². The molecule has 19 heteroatoms. The van der Waals surface area contributed by atoms with Gasteiger partial charge >= 0.3 is 0 Å². The highest BCUT2D eigenvalue weighted by atomic mass is 16.5. The Morgan fingerprint density at radius 3 is 1.57 bits per heavy atom. The maximum Gasteiger partial charge on any atom is 0.0934 e. The van der Waals surface area contributed by atoms with Crippen LogP contribution in [0.15, 0.2) is 48.5 Å². The topological polar surface area (TPSA) is 313 Å². The number of ether oxygens (including phenoxy) is 1. The highest BCUT2D eigenvalue weighted by Gasteiger charge is 2.21. The number of hydrogen-bond donors (Lipinski definition) is 18. The Kier molecular flexibility index (Phi) is 64.6. The molecule has 0 radical (unpaired) electrons. The van der Waals surface area contributed by atoms with Gasteiger partial charge in [0, 0.05) is 93.7 Å². The van der Waals surface area contributed by atoms with Crippen LogP contribution in [0.3, 0.4) is 0 Å². The molecule has 2 aromatic rings. The van der Waals surface area contributed by atoms with E-state index in [-0.39, 0.29) is 5.41 Å². The maximum atomic E-state index is 5.64. The van der Waals surface area contributed by atoms with Gasteiger partial charge in [-0.15, -0.1) is 0 Å². The summed E-state index contributed by atoms with van der Waals surface area (Å²) in [5.41, 5.74) is 32.4. The van der Waals surface area contributed by atoms with Crippen LogP contribution in [0.1, 0.15) is 93.9 Å². The van der Waals surface area contributed by atoms with E-state index in [1.807, 2.05) is 51.1 Å². The van der Waals surface area contributed by atoms with Gasteiger partial charge in [-0.1, -0.05) is 62.7 Å². The number of hydrogen-bond acceptors (Lipinski definition) is 10. The van der Waals surface area contributed by atoms with Crippen LogP contribution in [-0.2, 0) is 30.9 Å². The minimum atomic E-state index is 0.252. The average molecular weight is 1160 g/mol. The van der Waals surface area contributed by atoms with E-state index in [0.717, 1.165) is 102 Å². The van der Waals surface area contributed by atoms with Crippen molar-refractivity contribution in [3.63, 3.8) is 0 Å². The Balaban J connectivity index is -0.000000863. The molecule has 30 N–H and O–H groups in total. The molecule has 2 heterocycles. The lowest BCUT2D eigenvalue weighted by Gasteiger charge is -2.27. The standard InChI is InChI=1S/C10H22N2.C9H14N2.C9H20N2.C9H14N2.C6H14N2.C6H16N2.C5H14N2O.C5H12N2.C4H12N2/c1-11-7-9-3-5-10(6-4-9)8-12-2;1-11-7-9-4-2-8(6-10)3-5-9;2*1-11-7-9-4-2-3-8(5-9)6-10;1-8-5-2-3-7-4-6-8;1-6(2,4-7)5-8-3;1-7-3-5-8-4-2-6;1-7-4-2-6-3-5-7;1-5-3-4-6-2/h9-10,12H,1,3-8,11H2,2H3;2-5H,1,6-7,10-11H2;8-9H,1-7,10-11H2;2-5H,1,6-7,10-11H2;7-8H,1-6H2;3-5,7-8H2,1-2H3;1-7H2;6-7H,1-5H2;6H,1,3-5H2,2H3. The molecule has 3 unspecified atom stereocenters. The first kappa shape index (κ1) is 83.9. The normalized spacial score (nSPS) is 19.5. The van der Waals surface area contributed by atoms with Crippen LogP contribution in [0.5, 0.6) is 0 Å². The lowest BCUT2D eigenvalue weighted by Crippen LogP contribution is -3.10. The summed E-state index contributed by atoms with van der Waals surface area (Å²) < 4.78 is 5.03. The molecule has 82 heavy (non-hydrogen) atoms. The van der Waals surface area contributed by atoms with E-state index in [1.54, 1.807) is 0 Å². The first-order valence-electron chi connectivity index (χ1n) is 31.2. The fourth-order valence-corrected chi connectivity index (χ4v) is 9.12. The van der Waals surface area contributed by atoms with Gasteiger partial charge in [0.2, 0.25) is 0 Å². The van der Waals surface area contributed by atoms with Crippen LogP contribution in [-0.4, -0.2) is 145 Å². The predicted octanol–water partition coefficient (Wildman–Crippen LogP) is -6.40. The van der Waals surface area contributed by atoms with Crippen molar-refractivity contribution in [2.24, 2.45) is 57.8 Å². The Hall–Kier alpha value is -2.32. The molecule has 486 valence electrons. The van der Waals surface area contributed by atoms with Crippen molar-refractivity contribution in [3.05, 3.63) is 134 Å². The van der Waals surface area contributed by atoms with Crippen LogP contribution in [0.4, 0.5) is 0 Å². The second-order valence-corrected chi connectivity index (χ2v) is 22.5. The quantitative estimate of drug-likeness (QED) is 0.0349. The van der Waals surface area contributed by atoms with E-state index in [1.165, 1.54) is 142 Å². The third-order valence-electron chi connectivity index (χ3n) is 14.4. The largest absolute Gasteiger partial charge is 0.479 e. The molecule has 0 aromatic heterocycles. The molecule has 0 amide bonds. The van der Waals surface area contributed by atoms with Gasteiger partial charge in [0.25, 0.3) is 0 Å². The smallest absolute Gasteiger partial charge is 0.0934 e. The molecule has 6 rings (SSSR count). The summed E-state index contributed by atoms with van der Waals surface area (Å²) in [6.07, 6.45) is 12.4. The second-order valence-electron chi connectivity index (χ2n) is 22.5. The van der Waals surface area contributed by atoms with Crippen LogP contribution < -0.4 is 97.0 Å². The number of benzene rings is 2. The fraction of sp³-hybridized carbons (Fsp3) is 0.667. The Labute approximate surface area is 506 Å². The zero-order valence-corrected chi connectivity index (χ0v) is 53.5. The Morgan fingerprint density at radius 1 is 0.561 bits per heavy atom. The summed E-state index contributed by atoms with van der Waals surface area (Å²) >= 11 is 0. The van der Waals surface area contributed by atoms with Gasteiger partial charge in [0.15, 0.2) is 0 Å². The van der Waals surface area contributed by atoms with Gasteiger partial charge < -0.3 is 102 Å². The fourth-order valence-electron chi connectivity index (χ4n) is 9.12. The highest BCUT2D eigenvalue weighted by Crippen LogP contribution is 2.28. The summed E-state index contributed by atoms with van der Waals surface area (Å²) in [5.74, 6) is 3.56. The van der Waals surface area contributed by atoms with Gasteiger partial charge in [-0.25, -0.2) is 0 Å². The van der Waals surface area contributed by atoms with Crippen molar-refractivity contribution in [2.75, 3.05) is 145 Å². The summed E-state index contributed by atoms with van der Waals surface area (Å²) in [4.78, 5) is 2.81. The molecule has 2 aromatic carbocycles. The Morgan fingerprint density at radius 2 is 1.10 bits per heavy atom. The van der Waals surface area contributed by atoms with E-state index in [9.17, 15) is 0 Å². The van der Waals surface area contributed by atoms with Gasteiger partial charge in [0.1, 0.15) is 0 Å². The number of nitrogens with one attached hydrogen (secondary N) is 6. The average Bonchev–Trinajstić information content (AvgIpc) is 3.76. The van der Waals surface area contributed by atoms with Gasteiger partial charge in [-0.3, -0.25) is 0 Å². The van der Waals surface area contributed by atoms with E-state index in [2.05, 4.69) is 147 Å². The summed E-state index contributed by atoms with van der Waals surface area (Å²) in [5, 5.41) is 26.4. The minimum absolute atomic E-state index is 0.252. The lowest BCUT2D eigenvalue weighted by atomic mass is 9.81. The van der Waals surface area contributed by atoms with Crippen LogP contribution >= 0.6 is 0 Å². The van der Waals surface area contributed by atoms with E-state index < -0.39 is 0 Å². The molecule has 3 atom stereocenters. The van der Waals surface area contributed by atoms with Crippen molar-refractivity contribution >= 4 is 0 Å². The Bertz CT molecular complexity index is 1500. The van der Waals surface area contributed by atoms with Crippen molar-refractivity contribution in [3.8, 4) is 0 Å². The first-order chi connectivity index (χ1) is 39.7. The molecular formula is C63H138N18O. The molecule has 0 bridgehead atoms. The molecule has 4 aliphatic rings. The van der Waals surface area contributed by atoms with Crippen LogP contribution in [0.25, 0.3) is 0 Å². The van der Waals surface area contributed by atoms with Gasteiger partial charge in [0.05, 0.1) is 85.2 Å². The summed E-state index contributed by atoms with van der Waals surface area (Å²) in [6, 6.07) is 16.5. The monoisotopic (exact) mass is 1160 g/mol. The zero-order chi connectivity index (χ0) is 61.8. The van der Waals surface area contributed by atoms with E-state index >= 15 is 0 Å². The van der Waals surface area contributed by atoms with Gasteiger partial charge in [-0.05, 0) is 101 Å². The third-order valence-corrected chi connectivity index (χ3v) is 14.4. The SMILES string of the molecule is [CH2-][NH+]1CCCNCC1.[CH2-][NH+]1CCNCC1.[CH2-][NH2+]CC(C)(C)CN.[CH2-][NH2+]CC1CCC(CNC)CC1.[CH2-][NH2+]CC1CCCC(CN)C1.[CH2-][NH2+]CCNC.[CH2-][NH2+]CCOCCN.[CH2-][NH2+]Cc1ccc(CN)cc1.[CH2-][NH2+]Cc1cccc(CN)c1. The predicted molar refractivity (Wildman–Crippen MR) is 344 cm³/mol. The number of quaternary nitrogens is 9. The minimum Gasteiger partial charge on any atom is -0.479 e. The molecule has 2 saturated carbocycles. The highest BCUT2D eigenvalue weighted by molar-refractivity contribution is 5.22. The first-order valence-corrected chi connectivity index (χ1v) is 31.2. The number of rotatable bonds is 24. The zero-order valence-electron chi connectivity index (χ0n) is 53.5. The maximum absolute atomic E-state index is 5.64. The number of piperazine rings is 1. The van der Waals surface area contributed by atoms with Crippen molar-refractivity contribution < 1.29 is 51.8 Å². The number of nitrogens with two attached hydrogens (primary N) is 12. The van der Waals surface area contributed by atoms with Crippen LogP contribution in [0, 0.1) is 92.5 Å². The molecule has 19 nitrogen and oxygen atoms in total. The number of likely N-dealkylation sites (N-methyl/N-ethyl adjacent to an activating group) is 1. The van der Waals surface area contributed by atoms with Gasteiger partial charge in [-0.2, -0.15) is 63.4 Å². The van der Waals surface area contributed by atoms with Crippen molar-refractivity contribution in [1.29, 1.82) is 0 Å². The van der Waals surface area contributed by atoms with Crippen molar-refractivity contribution in [2.45, 2.75) is 97.8 Å². The molecule has 0 spiro atoms. The van der Waals surface area contributed by atoms with Crippen LogP contribution in [0.2, 0.25) is 0 Å². The molecule has 4 fully saturated rings. The molecule has 2 aliphatic carbocycles.